The van der Waals surface area contributed by atoms with Gasteiger partial charge in [0, 0.05) is 14.0 Å². The van der Waals surface area contributed by atoms with Crippen LogP contribution in [0.25, 0.3) is 0 Å². The molecule has 0 unspecified atom stereocenters. The van der Waals surface area contributed by atoms with Crippen LogP contribution in [0.2, 0.25) is 0 Å². The van der Waals surface area contributed by atoms with E-state index in [-0.39, 0.29) is 23.3 Å². The highest BCUT2D eigenvalue weighted by Gasteiger charge is 2.41. The lowest BCUT2D eigenvalue weighted by molar-refractivity contribution is -0.184. The molecule has 5 nitrogen and oxygen atoms in total. The van der Waals surface area contributed by atoms with Crippen LogP contribution in [0.15, 0.2) is 3.79 Å². The summed E-state index contributed by atoms with van der Waals surface area (Å²) in [7, 11) is 1.03. The number of halogens is 4. The van der Waals surface area contributed by atoms with Crippen molar-refractivity contribution < 1.29 is 22.8 Å². The highest BCUT2D eigenvalue weighted by molar-refractivity contribution is 9.11. The van der Waals surface area contributed by atoms with Crippen molar-refractivity contribution in [2.75, 3.05) is 12.4 Å². The molecule has 0 saturated carbocycles. The first kappa shape index (κ1) is 15.9. The van der Waals surface area contributed by atoms with E-state index >= 15 is 0 Å². The number of thiazole rings is 1. The molecular weight excluding hydrogens is 351 g/mol. The molecule has 1 N–H and O–H groups in total. The van der Waals surface area contributed by atoms with Gasteiger partial charge in [0.25, 0.3) is 0 Å². The minimum atomic E-state index is -4.92. The summed E-state index contributed by atoms with van der Waals surface area (Å²) in [4.78, 5) is 26.2. The van der Waals surface area contributed by atoms with Crippen LogP contribution in [0.3, 0.4) is 0 Å². The summed E-state index contributed by atoms with van der Waals surface area (Å²) < 4.78 is 37.1. The van der Waals surface area contributed by atoms with Crippen LogP contribution in [-0.4, -0.2) is 34.9 Å². The molecule has 1 aromatic rings. The first-order valence-corrected chi connectivity index (χ1v) is 6.47. The summed E-state index contributed by atoms with van der Waals surface area (Å²) in [5.41, 5.74) is 0.244. The van der Waals surface area contributed by atoms with E-state index in [1.807, 2.05) is 0 Å². The Morgan fingerprint density at radius 3 is 2.53 bits per heavy atom. The molecule has 0 fully saturated rings. The molecule has 19 heavy (non-hydrogen) atoms. The van der Waals surface area contributed by atoms with Crippen LogP contribution in [0.1, 0.15) is 12.6 Å². The van der Waals surface area contributed by atoms with E-state index in [1.54, 1.807) is 0 Å². The fourth-order valence-corrected chi connectivity index (χ4v) is 2.57. The Morgan fingerprint density at radius 1 is 1.47 bits per heavy atom. The second kappa shape index (κ2) is 5.87. The molecule has 1 rings (SSSR count). The smallest absolute Gasteiger partial charge is 0.332 e. The molecule has 1 heterocycles. The predicted octanol–water partition coefficient (Wildman–Crippen LogP) is 2.38. The topological polar surface area (TPSA) is 62.3 Å². The van der Waals surface area contributed by atoms with E-state index in [2.05, 4.69) is 26.2 Å². The monoisotopic (exact) mass is 359 g/mol. The van der Waals surface area contributed by atoms with E-state index in [4.69, 9.17) is 0 Å². The quantitative estimate of drug-likeness (QED) is 0.901. The number of nitrogens with zero attached hydrogens (tertiary/aromatic N) is 2. The zero-order valence-corrected chi connectivity index (χ0v) is 12.2. The second-order valence-corrected chi connectivity index (χ2v) is 5.90. The average Bonchev–Trinajstić information content (AvgIpc) is 2.55. The van der Waals surface area contributed by atoms with Crippen molar-refractivity contribution in [2.24, 2.45) is 0 Å². The van der Waals surface area contributed by atoms with E-state index in [9.17, 15) is 22.8 Å². The van der Waals surface area contributed by atoms with Crippen molar-refractivity contribution in [2.45, 2.75) is 19.6 Å². The van der Waals surface area contributed by atoms with Crippen LogP contribution >= 0.6 is 27.3 Å². The molecule has 106 valence electrons. The van der Waals surface area contributed by atoms with E-state index < -0.39 is 12.1 Å². The Bertz CT molecular complexity index is 503. The normalized spacial score (nSPS) is 11.3. The summed E-state index contributed by atoms with van der Waals surface area (Å²) in [5, 5.41) is 2.66. The number of carbonyl (C=O) groups excluding carboxylic acids is 2. The zero-order valence-electron chi connectivity index (χ0n) is 9.84. The minimum absolute atomic E-state index is 0.244. The lowest BCUT2D eigenvalue weighted by atomic mass is 10.4. The van der Waals surface area contributed by atoms with Gasteiger partial charge in [-0.1, -0.05) is 11.3 Å². The number of anilines is 1. The van der Waals surface area contributed by atoms with E-state index in [1.165, 1.54) is 6.92 Å². The SMILES string of the molecule is CC(=O)Nc1nc(CN(C)C(=O)C(F)(F)F)c(Br)s1. The third-order valence-corrected chi connectivity index (χ3v) is 3.65. The van der Waals surface area contributed by atoms with Gasteiger partial charge in [0.1, 0.15) is 0 Å². The number of aromatic nitrogens is 1. The van der Waals surface area contributed by atoms with Crippen LogP contribution in [-0.2, 0) is 16.1 Å². The molecule has 0 aromatic carbocycles. The Balaban J connectivity index is 2.80. The lowest BCUT2D eigenvalue weighted by Crippen LogP contribution is -2.38. The van der Waals surface area contributed by atoms with Crippen molar-refractivity contribution in [3.63, 3.8) is 0 Å². The molecule has 0 spiro atoms. The number of rotatable bonds is 3. The molecule has 0 radical (unpaired) electrons. The van der Waals surface area contributed by atoms with Gasteiger partial charge in [0.15, 0.2) is 5.13 Å². The van der Waals surface area contributed by atoms with Gasteiger partial charge in [-0.3, -0.25) is 9.59 Å². The molecule has 10 heteroatoms. The number of hydrogen-bond donors (Lipinski definition) is 1. The molecule has 0 bridgehead atoms. The molecule has 0 aliphatic rings. The fourth-order valence-electron chi connectivity index (χ4n) is 1.15. The van der Waals surface area contributed by atoms with Crippen molar-refractivity contribution >= 4 is 44.2 Å². The van der Waals surface area contributed by atoms with Crippen molar-refractivity contribution in [3.05, 3.63) is 9.48 Å². The summed E-state index contributed by atoms with van der Waals surface area (Å²) >= 11 is 4.18. The third-order valence-electron chi connectivity index (χ3n) is 1.91. The van der Waals surface area contributed by atoms with Gasteiger partial charge >= 0.3 is 12.1 Å². The maximum atomic E-state index is 12.2. The molecule has 0 atom stereocenters. The first-order valence-electron chi connectivity index (χ1n) is 4.86. The molecule has 0 aliphatic carbocycles. The van der Waals surface area contributed by atoms with Gasteiger partial charge < -0.3 is 10.2 Å². The van der Waals surface area contributed by atoms with Crippen LogP contribution < -0.4 is 5.32 Å². The maximum absolute atomic E-state index is 12.2. The highest BCUT2D eigenvalue weighted by Crippen LogP contribution is 2.30. The van der Waals surface area contributed by atoms with Gasteiger partial charge in [0.05, 0.1) is 16.0 Å². The third kappa shape index (κ3) is 4.46. The van der Waals surface area contributed by atoms with Crippen LogP contribution in [0.5, 0.6) is 0 Å². The van der Waals surface area contributed by atoms with Crippen LogP contribution in [0.4, 0.5) is 18.3 Å². The van der Waals surface area contributed by atoms with Crippen molar-refractivity contribution in [1.29, 1.82) is 0 Å². The summed E-state index contributed by atoms with van der Waals surface area (Å²) in [6.07, 6.45) is -4.92. The summed E-state index contributed by atoms with van der Waals surface area (Å²) in [5.74, 6) is -2.29. The van der Waals surface area contributed by atoms with Gasteiger partial charge in [-0.05, 0) is 15.9 Å². The standard InChI is InChI=1S/C9H9BrF3N3O2S/c1-4(17)14-8-15-5(6(10)19-8)3-16(2)7(18)9(11,12)13/h3H2,1-2H3,(H,14,15,17). The Labute approximate surface area is 118 Å². The van der Waals surface area contributed by atoms with Crippen LogP contribution in [0, 0.1) is 0 Å². The van der Waals surface area contributed by atoms with Gasteiger partial charge in [-0.25, -0.2) is 4.98 Å². The second-order valence-electron chi connectivity index (χ2n) is 3.58. The molecule has 1 aromatic heterocycles. The molecule has 0 aliphatic heterocycles. The number of carbonyl (C=O) groups is 2. The molecular formula is C9H9BrF3N3O2S. The number of nitrogens with one attached hydrogen (secondary N) is 1. The van der Waals surface area contributed by atoms with Gasteiger partial charge in [-0.2, -0.15) is 13.2 Å². The average molecular weight is 360 g/mol. The molecule has 2 amide bonds. The zero-order chi connectivity index (χ0) is 14.8. The van der Waals surface area contributed by atoms with Crippen molar-refractivity contribution in [3.8, 4) is 0 Å². The predicted molar refractivity (Wildman–Crippen MR) is 66.6 cm³/mol. The number of amides is 2. The number of hydrogen-bond acceptors (Lipinski definition) is 4. The Hall–Kier alpha value is -1.16. The largest absolute Gasteiger partial charge is 0.471 e. The number of alkyl halides is 3. The van der Waals surface area contributed by atoms with E-state index in [0.29, 0.717) is 8.69 Å². The summed E-state index contributed by atoms with van der Waals surface area (Å²) in [6.45, 7) is 0.975. The lowest BCUT2D eigenvalue weighted by Gasteiger charge is -2.17. The maximum Gasteiger partial charge on any atom is 0.471 e. The highest BCUT2D eigenvalue weighted by atomic mass is 79.9. The van der Waals surface area contributed by atoms with Gasteiger partial charge in [0.2, 0.25) is 5.91 Å². The first-order chi connectivity index (χ1) is 8.61. The minimum Gasteiger partial charge on any atom is -0.332 e. The van der Waals surface area contributed by atoms with Crippen molar-refractivity contribution in [1.82, 2.24) is 9.88 Å². The molecule has 0 saturated heterocycles. The van der Waals surface area contributed by atoms with Gasteiger partial charge in [-0.15, -0.1) is 0 Å². The van der Waals surface area contributed by atoms with E-state index in [0.717, 1.165) is 18.4 Å². The summed E-state index contributed by atoms with van der Waals surface area (Å²) in [6, 6.07) is 0. The Kier molecular flexibility index (Phi) is 4.91. The Morgan fingerprint density at radius 2 is 2.05 bits per heavy atom. The fraction of sp³-hybridized carbons (Fsp3) is 0.444.